The van der Waals surface area contributed by atoms with Crippen molar-refractivity contribution in [3.05, 3.63) is 24.3 Å². The molecule has 166 valence electrons. The van der Waals surface area contributed by atoms with Crippen molar-refractivity contribution in [2.24, 2.45) is 5.92 Å². The number of ether oxygens (including phenoxy) is 1. The van der Waals surface area contributed by atoms with E-state index >= 15 is 0 Å². The molecule has 1 unspecified atom stereocenters. The summed E-state index contributed by atoms with van der Waals surface area (Å²) in [5, 5.41) is 5.80. The van der Waals surface area contributed by atoms with Crippen molar-refractivity contribution in [1.29, 1.82) is 0 Å². The Morgan fingerprint density at radius 2 is 1.80 bits per heavy atom. The van der Waals surface area contributed by atoms with Gasteiger partial charge in [-0.2, -0.15) is 4.31 Å². The summed E-state index contributed by atoms with van der Waals surface area (Å²) < 4.78 is 32.3. The monoisotopic (exact) mass is 437 g/mol. The number of amides is 2. The lowest BCUT2D eigenvalue weighted by atomic mass is 9.99. The zero-order chi connectivity index (χ0) is 21.6. The highest BCUT2D eigenvalue weighted by molar-refractivity contribution is 7.89. The fourth-order valence-electron chi connectivity index (χ4n) is 4.09. The summed E-state index contributed by atoms with van der Waals surface area (Å²) in [6, 6.07) is 6.51. The topological polar surface area (TPSA) is 105 Å². The second-order valence-electron chi connectivity index (χ2n) is 7.97. The van der Waals surface area contributed by atoms with Gasteiger partial charge in [-0.1, -0.05) is 12.8 Å². The lowest BCUT2D eigenvalue weighted by molar-refractivity contribution is -0.126. The first kappa shape index (κ1) is 22.6. The average molecular weight is 438 g/mol. The maximum absolute atomic E-state index is 12.9. The smallest absolute Gasteiger partial charge is 0.243 e. The van der Waals surface area contributed by atoms with Crippen molar-refractivity contribution in [1.82, 2.24) is 14.9 Å². The number of carbonyl (C=O) groups excluding carboxylic acids is 2. The van der Waals surface area contributed by atoms with Crippen LogP contribution >= 0.6 is 0 Å². The predicted octanol–water partition coefficient (Wildman–Crippen LogP) is 1.66. The van der Waals surface area contributed by atoms with Gasteiger partial charge in [0.1, 0.15) is 5.75 Å². The molecule has 1 aromatic carbocycles. The summed E-state index contributed by atoms with van der Waals surface area (Å²) in [5.41, 5.74) is 0. The van der Waals surface area contributed by atoms with Gasteiger partial charge in [0.05, 0.1) is 17.9 Å². The van der Waals surface area contributed by atoms with Gasteiger partial charge in [0.15, 0.2) is 0 Å². The molecule has 30 heavy (non-hydrogen) atoms. The molecule has 2 N–H and O–H groups in total. The second kappa shape index (κ2) is 10.3. The molecule has 2 fully saturated rings. The highest BCUT2D eigenvalue weighted by Crippen LogP contribution is 2.25. The largest absolute Gasteiger partial charge is 0.497 e. The Balaban J connectivity index is 1.49. The van der Waals surface area contributed by atoms with Crippen molar-refractivity contribution in [2.75, 3.05) is 26.7 Å². The fourth-order valence-corrected chi connectivity index (χ4v) is 5.61. The minimum Gasteiger partial charge on any atom is -0.497 e. The molecule has 2 aliphatic rings. The van der Waals surface area contributed by atoms with E-state index in [0.717, 1.165) is 25.7 Å². The van der Waals surface area contributed by atoms with Crippen molar-refractivity contribution >= 4 is 21.8 Å². The van der Waals surface area contributed by atoms with Gasteiger partial charge in [0, 0.05) is 32.1 Å². The van der Waals surface area contributed by atoms with Crippen LogP contribution in [0, 0.1) is 5.92 Å². The van der Waals surface area contributed by atoms with E-state index in [9.17, 15) is 18.0 Å². The third-order valence-electron chi connectivity index (χ3n) is 5.82. The molecular weight excluding hydrogens is 406 g/mol. The number of methoxy groups -OCH3 is 1. The molecule has 0 radical (unpaired) electrons. The van der Waals surface area contributed by atoms with Crippen LogP contribution in [0.15, 0.2) is 29.2 Å². The Hall–Kier alpha value is -2.13. The number of nitrogens with zero attached hydrogens (tertiary/aromatic N) is 1. The van der Waals surface area contributed by atoms with Crippen molar-refractivity contribution in [2.45, 2.75) is 55.9 Å². The van der Waals surface area contributed by atoms with E-state index < -0.39 is 15.9 Å². The first-order valence-electron chi connectivity index (χ1n) is 10.6. The molecule has 1 saturated heterocycles. The molecule has 1 aliphatic carbocycles. The zero-order valence-electron chi connectivity index (χ0n) is 17.4. The van der Waals surface area contributed by atoms with Gasteiger partial charge in [0.2, 0.25) is 21.8 Å². The maximum atomic E-state index is 12.9. The average Bonchev–Trinajstić information content (AvgIpc) is 3.26. The first-order chi connectivity index (χ1) is 14.4. The van der Waals surface area contributed by atoms with Gasteiger partial charge in [-0.05, 0) is 49.9 Å². The normalized spacial score (nSPS) is 20.6. The van der Waals surface area contributed by atoms with E-state index in [4.69, 9.17) is 4.74 Å². The molecule has 8 nitrogen and oxygen atoms in total. The summed E-state index contributed by atoms with van der Waals surface area (Å²) in [6.45, 7) is 0.801. The quantitative estimate of drug-likeness (QED) is 0.644. The first-order valence-corrected chi connectivity index (χ1v) is 12.1. The molecule has 1 atom stereocenters. The number of rotatable bonds is 8. The summed E-state index contributed by atoms with van der Waals surface area (Å²) in [6.07, 6.45) is 5.85. The molecular formula is C21H31N3O5S. The van der Waals surface area contributed by atoms with Gasteiger partial charge in [0.25, 0.3) is 0 Å². The lowest BCUT2D eigenvalue weighted by Crippen LogP contribution is -2.46. The maximum Gasteiger partial charge on any atom is 0.243 e. The number of carbonyl (C=O) groups is 2. The Bertz CT molecular complexity index is 835. The number of hydrogen-bond donors (Lipinski definition) is 2. The van der Waals surface area contributed by atoms with Crippen LogP contribution in [-0.2, 0) is 19.6 Å². The van der Waals surface area contributed by atoms with E-state index in [-0.39, 0.29) is 42.3 Å². The second-order valence-corrected chi connectivity index (χ2v) is 9.91. The van der Waals surface area contributed by atoms with E-state index in [2.05, 4.69) is 10.6 Å². The molecule has 3 rings (SSSR count). The van der Waals surface area contributed by atoms with Gasteiger partial charge in [-0.15, -0.1) is 0 Å². The van der Waals surface area contributed by atoms with E-state index in [1.165, 1.54) is 23.5 Å². The number of nitrogens with one attached hydrogen (secondary N) is 2. The molecule has 1 aromatic rings. The van der Waals surface area contributed by atoms with Crippen molar-refractivity contribution in [3.8, 4) is 5.75 Å². The summed E-state index contributed by atoms with van der Waals surface area (Å²) in [5.74, 6) is -0.0701. The van der Waals surface area contributed by atoms with Crippen LogP contribution in [0.1, 0.15) is 44.9 Å². The van der Waals surface area contributed by atoms with Crippen molar-refractivity contribution in [3.63, 3.8) is 0 Å². The molecule has 9 heteroatoms. The van der Waals surface area contributed by atoms with Gasteiger partial charge < -0.3 is 15.4 Å². The third kappa shape index (κ3) is 5.72. The van der Waals surface area contributed by atoms with E-state index in [1.54, 1.807) is 12.1 Å². The highest BCUT2D eigenvalue weighted by atomic mass is 32.2. The van der Waals surface area contributed by atoms with E-state index in [1.807, 2.05) is 0 Å². The Labute approximate surface area is 178 Å². The Morgan fingerprint density at radius 3 is 2.47 bits per heavy atom. The van der Waals surface area contributed by atoms with Crippen LogP contribution in [-0.4, -0.2) is 57.3 Å². The highest BCUT2D eigenvalue weighted by Gasteiger charge is 2.33. The number of hydrogen-bond acceptors (Lipinski definition) is 5. The summed E-state index contributed by atoms with van der Waals surface area (Å²) in [7, 11) is -2.14. The number of piperidine rings is 1. The SMILES string of the molecule is COc1ccc(S(=O)(=O)N2CCCC(C(=O)NCCC(=O)NC3CCCC3)C2)cc1. The number of benzene rings is 1. The summed E-state index contributed by atoms with van der Waals surface area (Å²) >= 11 is 0. The fraction of sp³-hybridized carbons (Fsp3) is 0.619. The lowest BCUT2D eigenvalue weighted by Gasteiger charge is -2.31. The Morgan fingerprint density at radius 1 is 1.10 bits per heavy atom. The van der Waals surface area contributed by atoms with Crippen LogP contribution in [0.5, 0.6) is 5.75 Å². The molecule has 1 heterocycles. The van der Waals surface area contributed by atoms with Gasteiger partial charge >= 0.3 is 0 Å². The van der Waals surface area contributed by atoms with Crippen LogP contribution in [0.2, 0.25) is 0 Å². The molecule has 2 amide bonds. The minimum atomic E-state index is -3.67. The number of sulfonamides is 1. The minimum absolute atomic E-state index is 0.0467. The molecule has 1 aliphatic heterocycles. The molecule has 0 bridgehead atoms. The standard InChI is InChI=1S/C21H31N3O5S/c1-29-18-8-10-19(11-9-18)30(27,28)24-14-4-5-16(15-24)21(26)22-13-12-20(25)23-17-6-2-3-7-17/h8-11,16-17H,2-7,12-15H2,1H3,(H,22,26)(H,23,25). The van der Waals surface area contributed by atoms with Crippen LogP contribution in [0.3, 0.4) is 0 Å². The molecule has 1 saturated carbocycles. The zero-order valence-corrected chi connectivity index (χ0v) is 18.2. The van der Waals surface area contributed by atoms with Crippen molar-refractivity contribution < 1.29 is 22.7 Å². The molecule has 0 spiro atoms. The van der Waals surface area contributed by atoms with Crippen LogP contribution in [0.25, 0.3) is 0 Å². The third-order valence-corrected chi connectivity index (χ3v) is 7.70. The van der Waals surface area contributed by atoms with Crippen LogP contribution in [0.4, 0.5) is 0 Å². The summed E-state index contributed by atoms with van der Waals surface area (Å²) in [4.78, 5) is 24.7. The van der Waals surface area contributed by atoms with E-state index in [0.29, 0.717) is 25.1 Å². The molecule has 0 aromatic heterocycles. The van der Waals surface area contributed by atoms with Gasteiger partial charge in [-0.3, -0.25) is 9.59 Å². The predicted molar refractivity (Wildman–Crippen MR) is 113 cm³/mol. The van der Waals surface area contributed by atoms with Gasteiger partial charge in [-0.25, -0.2) is 8.42 Å². The van der Waals surface area contributed by atoms with Crippen LogP contribution < -0.4 is 15.4 Å². The Kier molecular flexibility index (Phi) is 7.71.